The molecule has 0 saturated heterocycles. The highest BCUT2D eigenvalue weighted by atomic mass is 79.9. The molecule has 3 nitrogen and oxygen atoms in total. The molecule has 2 rings (SSSR count). The summed E-state index contributed by atoms with van der Waals surface area (Å²) in [6, 6.07) is 12.0. The lowest BCUT2D eigenvalue weighted by Gasteiger charge is -2.06. The van der Waals surface area contributed by atoms with Gasteiger partial charge in [0.25, 0.3) is 0 Å². The quantitative estimate of drug-likeness (QED) is 0.937. The highest BCUT2D eigenvalue weighted by molar-refractivity contribution is 9.10. The van der Waals surface area contributed by atoms with Crippen LogP contribution in [0.3, 0.4) is 0 Å². The Morgan fingerprint density at radius 3 is 2.53 bits per heavy atom. The molecule has 1 N–H and O–H groups in total. The number of nitrogens with one attached hydrogen (secondary N) is 1. The van der Waals surface area contributed by atoms with Gasteiger partial charge in [0.15, 0.2) is 0 Å². The lowest BCUT2D eigenvalue weighted by atomic mass is 10.2. The molecule has 17 heavy (non-hydrogen) atoms. The molecule has 4 heteroatoms. The third kappa shape index (κ3) is 3.46. The van der Waals surface area contributed by atoms with Gasteiger partial charge < -0.3 is 10.1 Å². The van der Waals surface area contributed by atoms with Crippen molar-refractivity contribution in [3.63, 3.8) is 0 Å². The largest absolute Gasteiger partial charge is 0.481 e. The first kappa shape index (κ1) is 11.9. The van der Waals surface area contributed by atoms with E-state index in [1.807, 2.05) is 24.3 Å². The summed E-state index contributed by atoms with van der Waals surface area (Å²) >= 11 is 3.41. The average Bonchev–Trinajstić information content (AvgIpc) is 2.39. The van der Waals surface area contributed by atoms with Crippen LogP contribution in [0.25, 0.3) is 0 Å². The van der Waals surface area contributed by atoms with Gasteiger partial charge in [-0.1, -0.05) is 28.1 Å². The molecule has 0 atom stereocenters. The molecule has 0 saturated carbocycles. The summed E-state index contributed by atoms with van der Waals surface area (Å²) in [7, 11) is 1.61. The van der Waals surface area contributed by atoms with E-state index in [4.69, 9.17) is 4.74 Å². The third-order valence-electron chi connectivity index (χ3n) is 2.36. The van der Waals surface area contributed by atoms with Crippen LogP contribution in [0.5, 0.6) is 5.88 Å². The third-order valence-corrected chi connectivity index (χ3v) is 2.88. The summed E-state index contributed by atoms with van der Waals surface area (Å²) < 4.78 is 6.09. The minimum absolute atomic E-state index is 0.624. The van der Waals surface area contributed by atoms with Gasteiger partial charge in [0.1, 0.15) is 0 Å². The van der Waals surface area contributed by atoms with E-state index in [1.165, 1.54) is 5.56 Å². The van der Waals surface area contributed by atoms with Crippen LogP contribution in [-0.2, 0) is 6.54 Å². The smallest absolute Gasteiger partial charge is 0.213 e. The van der Waals surface area contributed by atoms with Crippen LogP contribution in [0.4, 0.5) is 5.69 Å². The molecule has 0 amide bonds. The van der Waals surface area contributed by atoms with E-state index in [9.17, 15) is 0 Å². The molecule has 0 aliphatic carbocycles. The number of pyridine rings is 1. The molecule has 0 radical (unpaired) electrons. The molecule has 2 aromatic rings. The average molecular weight is 293 g/mol. The molecule has 0 aliphatic heterocycles. The Hall–Kier alpha value is -1.55. The molecular formula is C13H13BrN2O. The van der Waals surface area contributed by atoms with Gasteiger partial charge in [0.05, 0.1) is 19.0 Å². The second kappa shape index (κ2) is 5.68. The van der Waals surface area contributed by atoms with E-state index in [2.05, 4.69) is 38.4 Å². The SMILES string of the molecule is COc1ccc(NCc2ccc(Br)cc2)cn1. The molecule has 1 heterocycles. The number of hydrogen-bond donors (Lipinski definition) is 1. The zero-order valence-corrected chi connectivity index (χ0v) is 11.1. The normalized spacial score (nSPS) is 10.0. The van der Waals surface area contributed by atoms with E-state index in [-0.39, 0.29) is 0 Å². The van der Waals surface area contributed by atoms with E-state index in [0.29, 0.717) is 5.88 Å². The molecular weight excluding hydrogens is 280 g/mol. The van der Waals surface area contributed by atoms with Gasteiger partial charge in [-0.25, -0.2) is 4.98 Å². The van der Waals surface area contributed by atoms with Crippen molar-refractivity contribution in [2.24, 2.45) is 0 Å². The van der Waals surface area contributed by atoms with Crippen LogP contribution in [0, 0.1) is 0 Å². The number of hydrogen-bond acceptors (Lipinski definition) is 3. The fraction of sp³-hybridized carbons (Fsp3) is 0.154. The van der Waals surface area contributed by atoms with Gasteiger partial charge in [-0.15, -0.1) is 0 Å². The number of rotatable bonds is 4. The van der Waals surface area contributed by atoms with Crippen LogP contribution in [-0.4, -0.2) is 12.1 Å². The highest BCUT2D eigenvalue weighted by Crippen LogP contribution is 2.14. The van der Waals surface area contributed by atoms with Gasteiger partial charge in [0, 0.05) is 17.1 Å². The van der Waals surface area contributed by atoms with Crippen LogP contribution >= 0.6 is 15.9 Å². The molecule has 0 aliphatic rings. The fourth-order valence-corrected chi connectivity index (χ4v) is 1.68. The maximum absolute atomic E-state index is 5.00. The molecule has 0 unspecified atom stereocenters. The lowest BCUT2D eigenvalue weighted by molar-refractivity contribution is 0.398. The molecule has 0 fully saturated rings. The summed E-state index contributed by atoms with van der Waals surface area (Å²) in [6.45, 7) is 0.779. The summed E-state index contributed by atoms with van der Waals surface area (Å²) in [5.74, 6) is 0.624. The van der Waals surface area contributed by atoms with Gasteiger partial charge in [-0.2, -0.15) is 0 Å². The second-order valence-electron chi connectivity index (χ2n) is 3.57. The zero-order valence-electron chi connectivity index (χ0n) is 9.48. The van der Waals surface area contributed by atoms with E-state index < -0.39 is 0 Å². The topological polar surface area (TPSA) is 34.1 Å². The maximum Gasteiger partial charge on any atom is 0.213 e. The molecule has 88 valence electrons. The van der Waals surface area contributed by atoms with Crippen LogP contribution in [0.1, 0.15) is 5.56 Å². The Balaban J connectivity index is 1.95. The van der Waals surface area contributed by atoms with Gasteiger partial charge in [-0.3, -0.25) is 0 Å². The number of methoxy groups -OCH3 is 1. The Morgan fingerprint density at radius 2 is 1.94 bits per heavy atom. The van der Waals surface area contributed by atoms with E-state index in [0.717, 1.165) is 16.7 Å². The predicted molar refractivity (Wildman–Crippen MR) is 72.3 cm³/mol. The molecule has 1 aromatic heterocycles. The molecule has 0 bridgehead atoms. The summed E-state index contributed by atoms with van der Waals surface area (Å²) in [4.78, 5) is 4.13. The summed E-state index contributed by atoms with van der Waals surface area (Å²) in [5, 5.41) is 3.30. The number of halogens is 1. The first-order valence-corrected chi connectivity index (χ1v) is 6.05. The molecule has 0 spiro atoms. The minimum atomic E-state index is 0.624. The Labute approximate surface area is 109 Å². The first-order chi connectivity index (χ1) is 8.28. The van der Waals surface area contributed by atoms with Crippen molar-refractivity contribution in [3.8, 4) is 5.88 Å². The second-order valence-corrected chi connectivity index (χ2v) is 4.48. The van der Waals surface area contributed by atoms with Crippen molar-refractivity contribution in [2.75, 3.05) is 12.4 Å². The van der Waals surface area contributed by atoms with Gasteiger partial charge in [0.2, 0.25) is 5.88 Å². The number of anilines is 1. The Morgan fingerprint density at radius 1 is 1.18 bits per heavy atom. The van der Waals surface area contributed by atoms with Crippen molar-refractivity contribution in [1.29, 1.82) is 0 Å². The predicted octanol–water partition coefficient (Wildman–Crippen LogP) is 3.46. The number of ether oxygens (including phenoxy) is 1. The Kier molecular flexibility index (Phi) is 3.98. The van der Waals surface area contributed by atoms with Gasteiger partial charge >= 0.3 is 0 Å². The van der Waals surface area contributed by atoms with Crippen molar-refractivity contribution >= 4 is 21.6 Å². The van der Waals surface area contributed by atoms with Crippen LogP contribution in [0.15, 0.2) is 47.1 Å². The van der Waals surface area contributed by atoms with Crippen molar-refractivity contribution in [1.82, 2.24) is 4.98 Å². The fourth-order valence-electron chi connectivity index (χ4n) is 1.41. The van der Waals surface area contributed by atoms with Crippen LogP contribution in [0.2, 0.25) is 0 Å². The van der Waals surface area contributed by atoms with Crippen molar-refractivity contribution in [2.45, 2.75) is 6.54 Å². The first-order valence-electron chi connectivity index (χ1n) is 5.26. The van der Waals surface area contributed by atoms with E-state index >= 15 is 0 Å². The van der Waals surface area contributed by atoms with Crippen molar-refractivity contribution < 1.29 is 4.74 Å². The summed E-state index contributed by atoms with van der Waals surface area (Å²) in [5.41, 5.74) is 2.21. The standard InChI is InChI=1S/C13H13BrN2O/c1-17-13-7-6-12(9-16-13)15-8-10-2-4-11(14)5-3-10/h2-7,9,15H,8H2,1H3. The van der Waals surface area contributed by atoms with Crippen molar-refractivity contribution in [3.05, 3.63) is 52.6 Å². The van der Waals surface area contributed by atoms with Gasteiger partial charge in [-0.05, 0) is 23.8 Å². The van der Waals surface area contributed by atoms with E-state index in [1.54, 1.807) is 13.3 Å². The highest BCUT2D eigenvalue weighted by Gasteiger charge is 1.96. The Bertz CT molecular complexity index is 468. The zero-order chi connectivity index (χ0) is 12.1. The number of aromatic nitrogens is 1. The number of nitrogens with zero attached hydrogens (tertiary/aromatic N) is 1. The summed E-state index contributed by atoms with van der Waals surface area (Å²) in [6.07, 6.45) is 1.76. The van der Waals surface area contributed by atoms with Crippen LogP contribution < -0.4 is 10.1 Å². The number of benzene rings is 1. The molecule has 1 aromatic carbocycles. The monoisotopic (exact) mass is 292 g/mol. The minimum Gasteiger partial charge on any atom is -0.481 e. The lowest BCUT2D eigenvalue weighted by Crippen LogP contribution is -1.99. The maximum atomic E-state index is 5.00.